The minimum atomic E-state index is -0.607. The predicted molar refractivity (Wildman–Crippen MR) is 123 cm³/mol. The number of aromatic nitrogens is 3. The number of hydrogen-bond acceptors (Lipinski definition) is 5. The van der Waals surface area contributed by atoms with Gasteiger partial charge >= 0.3 is 6.09 Å². The van der Waals surface area contributed by atoms with E-state index in [-0.39, 0.29) is 11.7 Å². The van der Waals surface area contributed by atoms with Crippen LogP contribution in [0.4, 0.5) is 20.7 Å². The highest BCUT2D eigenvalue weighted by Gasteiger charge is 2.18. The normalized spacial score (nSPS) is 10.8. The molecule has 33 heavy (non-hydrogen) atoms. The van der Waals surface area contributed by atoms with Gasteiger partial charge < -0.3 is 9.64 Å². The molecule has 0 atom stereocenters. The van der Waals surface area contributed by atoms with Crippen LogP contribution in [0.25, 0.3) is 16.7 Å². The summed E-state index contributed by atoms with van der Waals surface area (Å²) >= 11 is 0. The van der Waals surface area contributed by atoms with Gasteiger partial charge in [0.05, 0.1) is 30.0 Å². The van der Waals surface area contributed by atoms with Gasteiger partial charge in [0.15, 0.2) is 0 Å². The summed E-state index contributed by atoms with van der Waals surface area (Å²) in [4.78, 5) is 34.9. The number of amides is 2. The first kappa shape index (κ1) is 21.9. The number of ether oxygens (including phenoxy) is 1. The van der Waals surface area contributed by atoms with Crippen molar-refractivity contribution in [2.75, 3.05) is 24.4 Å². The fourth-order valence-electron chi connectivity index (χ4n) is 3.52. The van der Waals surface area contributed by atoms with Crippen molar-refractivity contribution >= 4 is 34.5 Å². The molecule has 0 aliphatic heterocycles. The van der Waals surface area contributed by atoms with Crippen LogP contribution in [-0.2, 0) is 11.2 Å². The number of imidazole rings is 1. The Labute approximate surface area is 189 Å². The zero-order valence-corrected chi connectivity index (χ0v) is 18.4. The summed E-state index contributed by atoms with van der Waals surface area (Å²) in [5, 5.41) is 2.50. The van der Waals surface area contributed by atoms with Crippen LogP contribution in [0.3, 0.4) is 0 Å². The first-order valence-corrected chi connectivity index (χ1v) is 10.3. The van der Waals surface area contributed by atoms with Crippen LogP contribution >= 0.6 is 0 Å². The Balaban J connectivity index is 1.72. The molecule has 0 aliphatic carbocycles. The third kappa shape index (κ3) is 4.38. The number of methoxy groups -OCH3 is 1. The van der Waals surface area contributed by atoms with Crippen molar-refractivity contribution in [2.45, 2.75) is 13.3 Å². The van der Waals surface area contributed by atoms with Gasteiger partial charge in [0.25, 0.3) is 5.91 Å². The summed E-state index contributed by atoms with van der Waals surface area (Å²) < 4.78 is 19.7. The summed E-state index contributed by atoms with van der Waals surface area (Å²) in [6, 6.07) is 12.8. The maximum absolute atomic E-state index is 13.3. The Morgan fingerprint density at radius 3 is 2.52 bits per heavy atom. The second-order valence-electron chi connectivity index (χ2n) is 7.33. The molecule has 0 fully saturated rings. The smallest absolute Gasteiger partial charge is 0.412 e. The molecule has 4 rings (SSSR count). The van der Waals surface area contributed by atoms with E-state index < -0.39 is 6.09 Å². The Morgan fingerprint density at radius 2 is 1.88 bits per heavy atom. The maximum Gasteiger partial charge on any atom is 0.412 e. The van der Waals surface area contributed by atoms with Crippen LogP contribution in [0.5, 0.6) is 0 Å². The number of carbonyl (C=O) groups excluding carboxylic acids is 2. The molecule has 2 amide bonds. The molecular formula is C24H22FN5O3. The van der Waals surface area contributed by atoms with Crippen LogP contribution in [0, 0.1) is 5.82 Å². The lowest BCUT2D eigenvalue weighted by Crippen LogP contribution is -2.26. The average molecular weight is 447 g/mol. The summed E-state index contributed by atoms with van der Waals surface area (Å²) in [5.41, 5.74) is 4.26. The fourth-order valence-corrected chi connectivity index (χ4v) is 3.52. The van der Waals surface area contributed by atoms with Gasteiger partial charge in [-0.25, -0.2) is 19.2 Å². The van der Waals surface area contributed by atoms with E-state index in [4.69, 9.17) is 0 Å². The average Bonchev–Trinajstić information content (AvgIpc) is 3.27. The Morgan fingerprint density at radius 1 is 1.12 bits per heavy atom. The van der Waals surface area contributed by atoms with Gasteiger partial charge in [-0.1, -0.05) is 6.92 Å². The molecule has 2 aromatic carbocycles. The van der Waals surface area contributed by atoms with E-state index in [9.17, 15) is 14.0 Å². The molecule has 8 nitrogen and oxygen atoms in total. The number of nitrogens with zero attached hydrogens (tertiary/aromatic N) is 4. The lowest BCUT2D eigenvalue weighted by Gasteiger charge is -2.18. The minimum Gasteiger partial charge on any atom is -0.453 e. The van der Waals surface area contributed by atoms with Crippen molar-refractivity contribution < 1.29 is 18.7 Å². The van der Waals surface area contributed by atoms with E-state index in [2.05, 4.69) is 20.0 Å². The van der Waals surface area contributed by atoms with E-state index in [1.54, 1.807) is 49.9 Å². The molecule has 1 N–H and O–H groups in total. The first-order valence-electron chi connectivity index (χ1n) is 10.3. The van der Waals surface area contributed by atoms with Gasteiger partial charge in [0.2, 0.25) is 0 Å². The van der Waals surface area contributed by atoms with Crippen LogP contribution in [-0.4, -0.2) is 40.7 Å². The summed E-state index contributed by atoms with van der Waals surface area (Å²) in [6.07, 6.45) is 3.35. The van der Waals surface area contributed by atoms with Crippen molar-refractivity contribution in [1.29, 1.82) is 0 Å². The molecule has 0 unspecified atom stereocenters. The van der Waals surface area contributed by atoms with Gasteiger partial charge in [-0.05, 0) is 60.5 Å². The van der Waals surface area contributed by atoms with E-state index in [0.29, 0.717) is 29.2 Å². The SMILES string of the molecule is CCc1cc(C(=O)N(C)c2ccc(F)cc2)cc2c1ncn2-c1ccc(NC(=O)OC)nc1. The number of fused-ring (bicyclic) bond motifs is 1. The van der Waals surface area contributed by atoms with E-state index in [1.807, 2.05) is 17.6 Å². The lowest BCUT2D eigenvalue weighted by molar-refractivity contribution is 0.0993. The van der Waals surface area contributed by atoms with Crippen LogP contribution < -0.4 is 10.2 Å². The first-order chi connectivity index (χ1) is 15.9. The van der Waals surface area contributed by atoms with Crippen molar-refractivity contribution in [1.82, 2.24) is 14.5 Å². The Kier molecular flexibility index (Phi) is 6.03. The Bertz CT molecular complexity index is 1320. The van der Waals surface area contributed by atoms with Crippen molar-refractivity contribution in [3.63, 3.8) is 0 Å². The molecular weight excluding hydrogens is 425 g/mol. The molecule has 0 aliphatic rings. The van der Waals surface area contributed by atoms with Crippen molar-refractivity contribution in [3.05, 3.63) is 78.0 Å². The van der Waals surface area contributed by atoms with Gasteiger partial charge in [-0.2, -0.15) is 0 Å². The fraction of sp³-hybridized carbons (Fsp3) is 0.167. The number of carbonyl (C=O) groups is 2. The molecule has 0 bridgehead atoms. The number of halogens is 1. The highest BCUT2D eigenvalue weighted by atomic mass is 19.1. The lowest BCUT2D eigenvalue weighted by atomic mass is 10.0. The van der Waals surface area contributed by atoms with Gasteiger partial charge in [-0.3, -0.25) is 14.7 Å². The van der Waals surface area contributed by atoms with Crippen molar-refractivity contribution in [3.8, 4) is 5.69 Å². The standard InChI is InChI=1S/C24H22FN5O3/c1-4-15-11-16(23(31)29(2)18-7-5-17(25)6-8-18)12-20-22(15)27-14-30(20)19-9-10-21(26-13-19)28-24(32)33-3/h5-14H,4H2,1-3H3,(H,26,28,32). The molecule has 0 saturated heterocycles. The van der Waals surface area contributed by atoms with Gasteiger partial charge in [0.1, 0.15) is 18.0 Å². The summed E-state index contributed by atoms with van der Waals surface area (Å²) in [7, 11) is 2.93. The highest BCUT2D eigenvalue weighted by Crippen LogP contribution is 2.26. The van der Waals surface area contributed by atoms with E-state index in [1.165, 1.54) is 24.1 Å². The monoisotopic (exact) mass is 447 g/mol. The molecule has 0 radical (unpaired) electrons. The zero-order valence-electron chi connectivity index (χ0n) is 18.4. The molecule has 2 heterocycles. The largest absolute Gasteiger partial charge is 0.453 e. The minimum absolute atomic E-state index is 0.221. The van der Waals surface area contributed by atoms with Crippen molar-refractivity contribution in [2.24, 2.45) is 0 Å². The zero-order chi connectivity index (χ0) is 23.5. The number of hydrogen-bond donors (Lipinski definition) is 1. The predicted octanol–water partition coefficient (Wildman–Crippen LogP) is 4.58. The number of anilines is 2. The number of rotatable bonds is 5. The maximum atomic E-state index is 13.3. The second-order valence-corrected chi connectivity index (χ2v) is 7.33. The van der Waals surface area contributed by atoms with Crippen LogP contribution in [0.2, 0.25) is 0 Å². The number of pyridine rings is 1. The number of aryl methyl sites for hydroxylation is 1. The number of nitrogens with one attached hydrogen (secondary N) is 1. The summed E-state index contributed by atoms with van der Waals surface area (Å²) in [5.74, 6) is -0.234. The molecule has 9 heteroatoms. The van der Waals surface area contributed by atoms with E-state index in [0.717, 1.165) is 16.6 Å². The highest BCUT2D eigenvalue weighted by molar-refractivity contribution is 6.07. The van der Waals surface area contributed by atoms with E-state index >= 15 is 0 Å². The van der Waals surface area contributed by atoms with Crippen LogP contribution in [0.1, 0.15) is 22.8 Å². The Hall–Kier alpha value is -4.27. The van der Waals surface area contributed by atoms with Gasteiger partial charge in [-0.15, -0.1) is 0 Å². The molecule has 4 aromatic rings. The molecule has 0 saturated carbocycles. The van der Waals surface area contributed by atoms with Gasteiger partial charge in [0, 0.05) is 18.3 Å². The second kappa shape index (κ2) is 9.07. The number of benzene rings is 2. The molecule has 2 aromatic heterocycles. The molecule has 0 spiro atoms. The third-order valence-corrected chi connectivity index (χ3v) is 5.32. The molecule has 168 valence electrons. The third-order valence-electron chi connectivity index (χ3n) is 5.32. The van der Waals surface area contributed by atoms with Crippen LogP contribution in [0.15, 0.2) is 61.1 Å². The summed E-state index contributed by atoms with van der Waals surface area (Å²) in [6.45, 7) is 2.00. The quantitative estimate of drug-likeness (QED) is 0.484. The topological polar surface area (TPSA) is 89.4 Å².